The van der Waals surface area contributed by atoms with Crippen molar-refractivity contribution in [2.45, 2.75) is 62.8 Å². The van der Waals surface area contributed by atoms with Crippen LogP contribution in [0.25, 0.3) is 0 Å². The predicted octanol–water partition coefficient (Wildman–Crippen LogP) is 2.29. The van der Waals surface area contributed by atoms with E-state index < -0.39 is 10.8 Å². The molecule has 0 aromatic heterocycles. The first-order chi connectivity index (χ1) is 8.38. The lowest BCUT2D eigenvalue weighted by Gasteiger charge is -2.46. The third kappa shape index (κ3) is 1.53. The average molecular weight is 277 g/mol. The number of hydrogen-bond donors (Lipinski definition) is 0. The number of alkyl halides is 1. The minimum Gasteiger partial charge on any atom is -0.382 e. The first-order valence-corrected chi connectivity index (χ1v) is 6.97. The molecule has 18 heavy (non-hydrogen) atoms. The monoisotopic (exact) mass is 276 g/mol. The van der Waals surface area contributed by atoms with Gasteiger partial charge in [0.2, 0.25) is 0 Å². The molecule has 2 aliphatic heterocycles. The molecule has 0 bridgehead atoms. The van der Waals surface area contributed by atoms with Crippen LogP contribution < -0.4 is 0 Å². The second-order valence-electron chi connectivity index (χ2n) is 6.02. The summed E-state index contributed by atoms with van der Waals surface area (Å²) in [5, 5.41) is -0.526. The van der Waals surface area contributed by atoms with Crippen LogP contribution in [0.1, 0.15) is 33.6 Å². The maximum atomic E-state index is 6.54. The molecule has 0 aromatic rings. The molecule has 3 fully saturated rings. The molecule has 2 heterocycles. The van der Waals surface area contributed by atoms with E-state index in [9.17, 15) is 0 Å². The fourth-order valence-electron chi connectivity index (χ4n) is 3.61. The van der Waals surface area contributed by atoms with Gasteiger partial charge in [0.15, 0.2) is 10.8 Å². The van der Waals surface area contributed by atoms with Gasteiger partial charge in [0.1, 0.15) is 12.2 Å². The van der Waals surface area contributed by atoms with Gasteiger partial charge in [-0.25, -0.2) is 0 Å². The molecule has 1 aliphatic carbocycles. The molecular formula is C13H21ClO4. The summed E-state index contributed by atoms with van der Waals surface area (Å²) >= 11 is 6.54. The number of halogens is 1. The van der Waals surface area contributed by atoms with Crippen molar-refractivity contribution in [1.29, 1.82) is 0 Å². The summed E-state index contributed by atoms with van der Waals surface area (Å²) in [4.78, 5) is 0. The Morgan fingerprint density at radius 1 is 1.28 bits per heavy atom. The van der Waals surface area contributed by atoms with Crippen LogP contribution in [0.2, 0.25) is 0 Å². The van der Waals surface area contributed by atoms with Crippen LogP contribution in [-0.4, -0.2) is 42.9 Å². The zero-order chi connectivity index (χ0) is 13.2. The van der Waals surface area contributed by atoms with Gasteiger partial charge in [0.25, 0.3) is 0 Å². The maximum absolute atomic E-state index is 6.54. The molecule has 0 aromatic carbocycles. The zero-order valence-electron chi connectivity index (χ0n) is 11.4. The van der Waals surface area contributed by atoms with Gasteiger partial charge in [-0.15, -0.1) is 0 Å². The van der Waals surface area contributed by atoms with Gasteiger partial charge in [0.05, 0.1) is 12.7 Å². The largest absolute Gasteiger partial charge is 0.382 e. The van der Waals surface area contributed by atoms with E-state index in [0.29, 0.717) is 6.61 Å². The van der Waals surface area contributed by atoms with Gasteiger partial charge in [-0.05, 0) is 26.7 Å². The van der Waals surface area contributed by atoms with E-state index in [1.54, 1.807) is 7.11 Å². The van der Waals surface area contributed by atoms with E-state index in [4.69, 9.17) is 30.5 Å². The Morgan fingerprint density at radius 2 is 2.00 bits per heavy atom. The van der Waals surface area contributed by atoms with Gasteiger partial charge in [-0.1, -0.05) is 18.5 Å². The van der Waals surface area contributed by atoms with Crippen molar-refractivity contribution in [2.24, 2.45) is 5.41 Å². The minimum absolute atomic E-state index is 0.0614. The van der Waals surface area contributed by atoms with Crippen LogP contribution in [0.15, 0.2) is 0 Å². The number of rotatable bonds is 4. The van der Waals surface area contributed by atoms with Gasteiger partial charge >= 0.3 is 0 Å². The van der Waals surface area contributed by atoms with Gasteiger partial charge in [-0.3, -0.25) is 0 Å². The van der Waals surface area contributed by atoms with E-state index in [0.717, 1.165) is 12.8 Å². The van der Waals surface area contributed by atoms with Crippen LogP contribution in [-0.2, 0) is 18.9 Å². The normalized spacial score (nSPS) is 52.8. The van der Waals surface area contributed by atoms with Gasteiger partial charge in [-0.2, -0.15) is 0 Å². The standard InChI is InChI=1S/C13H21ClO4/c1-5-12(6-9-13(12,14)17-9)10-8(7-15-4)16-11(2,3)18-10/h8-10H,5-7H2,1-4H3/t8-,9?,10?,12-,13?/m1/s1. The highest BCUT2D eigenvalue weighted by Crippen LogP contribution is 2.72. The number of ether oxygens (including phenoxy) is 4. The molecule has 3 unspecified atom stereocenters. The van der Waals surface area contributed by atoms with Gasteiger partial charge in [0, 0.05) is 12.5 Å². The molecule has 0 N–H and O–H groups in total. The second kappa shape index (κ2) is 3.83. The third-order valence-corrected chi connectivity index (χ3v) is 5.30. The van der Waals surface area contributed by atoms with E-state index in [-0.39, 0.29) is 23.7 Å². The number of methoxy groups -OCH3 is 1. The Bertz CT molecular complexity index is 361. The summed E-state index contributed by atoms with van der Waals surface area (Å²) < 4.78 is 22.9. The zero-order valence-corrected chi connectivity index (χ0v) is 12.1. The van der Waals surface area contributed by atoms with E-state index in [1.165, 1.54) is 0 Å². The maximum Gasteiger partial charge on any atom is 0.176 e. The topological polar surface area (TPSA) is 40.2 Å². The summed E-state index contributed by atoms with van der Waals surface area (Å²) in [6.45, 7) is 6.53. The number of epoxide rings is 1. The molecule has 104 valence electrons. The fourth-order valence-corrected chi connectivity index (χ4v) is 4.11. The fraction of sp³-hybridized carbons (Fsp3) is 1.00. The summed E-state index contributed by atoms with van der Waals surface area (Å²) in [5.74, 6) is -0.580. The lowest BCUT2D eigenvalue weighted by molar-refractivity contribution is -0.166. The molecule has 0 amide bonds. The third-order valence-electron chi connectivity index (χ3n) is 4.59. The molecule has 4 nitrogen and oxygen atoms in total. The van der Waals surface area contributed by atoms with Crippen LogP contribution in [0.3, 0.4) is 0 Å². The van der Waals surface area contributed by atoms with Crippen molar-refractivity contribution in [3.05, 3.63) is 0 Å². The minimum atomic E-state index is -0.580. The Hall–Kier alpha value is 0.130. The molecule has 5 atom stereocenters. The Kier molecular flexibility index (Phi) is 2.79. The smallest absolute Gasteiger partial charge is 0.176 e. The Labute approximate surface area is 113 Å². The molecule has 1 saturated carbocycles. The van der Waals surface area contributed by atoms with Crippen molar-refractivity contribution < 1.29 is 18.9 Å². The molecule has 3 rings (SSSR count). The molecule has 3 aliphatic rings. The summed E-state index contributed by atoms with van der Waals surface area (Å²) in [7, 11) is 1.68. The van der Waals surface area contributed by atoms with Crippen molar-refractivity contribution in [2.75, 3.05) is 13.7 Å². The Morgan fingerprint density at radius 3 is 2.44 bits per heavy atom. The molecule has 2 saturated heterocycles. The van der Waals surface area contributed by atoms with Crippen molar-refractivity contribution in [1.82, 2.24) is 0 Å². The molecule has 5 heteroatoms. The lowest BCUT2D eigenvalue weighted by atomic mass is 9.61. The molecular weight excluding hydrogens is 256 g/mol. The second-order valence-corrected chi connectivity index (χ2v) is 6.58. The summed E-state index contributed by atoms with van der Waals surface area (Å²) in [5.41, 5.74) is -0.143. The highest BCUT2D eigenvalue weighted by Gasteiger charge is 2.82. The van der Waals surface area contributed by atoms with E-state index >= 15 is 0 Å². The lowest BCUT2D eigenvalue weighted by Crippen LogP contribution is -2.57. The highest BCUT2D eigenvalue weighted by atomic mass is 35.5. The predicted molar refractivity (Wildman–Crippen MR) is 66.5 cm³/mol. The van der Waals surface area contributed by atoms with Crippen molar-refractivity contribution in [3.8, 4) is 0 Å². The first-order valence-electron chi connectivity index (χ1n) is 6.60. The van der Waals surface area contributed by atoms with Gasteiger partial charge < -0.3 is 18.9 Å². The SMILES string of the molecule is CC[C@]1(C2OC(C)(C)O[C@@H]2COC)CC2OC21Cl. The van der Waals surface area contributed by atoms with Crippen molar-refractivity contribution >= 4 is 11.6 Å². The first kappa shape index (κ1) is 13.1. The van der Waals surface area contributed by atoms with Crippen LogP contribution >= 0.6 is 11.6 Å². The Balaban J connectivity index is 1.85. The quantitative estimate of drug-likeness (QED) is 0.583. The average Bonchev–Trinajstić information content (AvgIpc) is 2.69. The van der Waals surface area contributed by atoms with Crippen LogP contribution in [0, 0.1) is 5.41 Å². The van der Waals surface area contributed by atoms with Crippen LogP contribution in [0.5, 0.6) is 0 Å². The summed E-state index contributed by atoms with van der Waals surface area (Å²) in [6.07, 6.45) is 1.95. The van der Waals surface area contributed by atoms with Crippen LogP contribution in [0.4, 0.5) is 0 Å². The van der Waals surface area contributed by atoms with E-state index in [2.05, 4.69) is 6.92 Å². The summed E-state index contributed by atoms with van der Waals surface area (Å²) in [6, 6.07) is 0. The number of hydrogen-bond acceptors (Lipinski definition) is 4. The molecule has 0 radical (unpaired) electrons. The van der Waals surface area contributed by atoms with E-state index in [1.807, 2.05) is 13.8 Å². The highest BCUT2D eigenvalue weighted by molar-refractivity contribution is 6.26. The number of fused-ring (bicyclic) bond motifs is 1. The van der Waals surface area contributed by atoms with Crippen molar-refractivity contribution in [3.63, 3.8) is 0 Å². The molecule has 0 spiro atoms.